The normalized spacial score (nSPS) is 16.4. The number of esters is 1. The highest BCUT2D eigenvalue weighted by Gasteiger charge is 2.25. The third-order valence-corrected chi connectivity index (χ3v) is 4.79. The van der Waals surface area contributed by atoms with Crippen LogP contribution in [0.1, 0.15) is 41.6 Å². The number of halogens is 2. The van der Waals surface area contributed by atoms with Crippen LogP contribution >= 0.6 is 10.7 Å². The van der Waals surface area contributed by atoms with Crippen molar-refractivity contribution in [1.82, 2.24) is 0 Å². The molecule has 0 radical (unpaired) electrons. The molecule has 1 fully saturated rings. The summed E-state index contributed by atoms with van der Waals surface area (Å²) in [5.41, 5.74) is -0.253. The Bertz CT molecular complexity index is 636. The van der Waals surface area contributed by atoms with E-state index in [9.17, 15) is 17.6 Å². The van der Waals surface area contributed by atoms with Gasteiger partial charge in [0.15, 0.2) is 0 Å². The summed E-state index contributed by atoms with van der Waals surface area (Å²) in [7, 11) is 1.23. The molecule has 0 N–H and O–H groups in total. The topological polar surface area (TPSA) is 60.4 Å². The van der Waals surface area contributed by atoms with Gasteiger partial charge in [0.1, 0.15) is 11.9 Å². The van der Waals surface area contributed by atoms with Crippen LogP contribution < -0.4 is 0 Å². The molecule has 1 aliphatic carbocycles. The van der Waals surface area contributed by atoms with Crippen LogP contribution in [0.15, 0.2) is 17.0 Å². The highest BCUT2D eigenvalue weighted by Crippen LogP contribution is 2.26. The zero-order chi connectivity index (χ0) is 14.9. The molecule has 0 bridgehead atoms. The Morgan fingerprint density at radius 1 is 1.35 bits per heavy atom. The highest BCUT2D eigenvalue weighted by atomic mass is 35.7. The molecule has 7 heteroatoms. The second-order valence-corrected chi connectivity index (χ2v) is 7.38. The minimum Gasteiger partial charge on any atom is -0.459 e. The van der Waals surface area contributed by atoms with Gasteiger partial charge in [-0.2, -0.15) is 0 Å². The summed E-state index contributed by atoms with van der Waals surface area (Å²) in [5.74, 6) is -1.66. The van der Waals surface area contributed by atoms with Gasteiger partial charge in [0, 0.05) is 10.7 Å². The van der Waals surface area contributed by atoms with Gasteiger partial charge in [-0.25, -0.2) is 17.6 Å². The van der Waals surface area contributed by atoms with E-state index < -0.39 is 26.4 Å². The summed E-state index contributed by atoms with van der Waals surface area (Å²) in [5, 5.41) is 0. The average Bonchev–Trinajstić information content (AvgIpc) is 2.79. The van der Waals surface area contributed by atoms with Crippen LogP contribution in [0.2, 0.25) is 0 Å². The largest absolute Gasteiger partial charge is 0.459 e. The number of carbonyl (C=O) groups excluding carboxylic acids is 1. The molecular weight excluding hydrogens is 307 g/mol. The number of aryl methyl sites for hydroxylation is 1. The fourth-order valence-electron chi connectivity index (χ4n) is 2.29. The predicted molar refractivity (Wildman–Crippen MR) is 71.8 cm³/mol. The van der Waals surface area contributed by atoms with Crippen molar-refractivity contribution in [3.63, 3.8) is 0 Å². The van der Waals surface area contributed by atoms with Crippen molar-refractivity contribution < 1.29 is 22.3 Å². The van der Waals surface area contributed by atoms with Gasteiger partial charge in [-0.15, -0.1) is 0 Å². The van der Waals surface area contributed by atoms with Crippen molar-refractivity contribution in [1.29, 1.82) is 0 Å². The van der Waals surface area contributed by atoms with Crippen molar-refractivity contribution in [3.8, 4) is 0 Å². The molecule has 1 saturated carbocycles. The lowest BCUT2D eigenvalue weighted by atomic mass is 10.1. The molecule has 4 nitrogen and oxygen atoms in total. The summed E-state index contributed by atoms with van der Waals surface area (Å²) in [6, 6.07) is 1.91. The van der Waals surface area contributed by atoms with E-state index in [1.54, 1.807) is 0 Å². The fraction of sp³-hybridized carbons (Fsp3) is 0.462. The maximum atomic E-state index is 13.8. The van der Waals surface area contributed by atoms with E-state index in [-0.39, 0.29) is 16.6 Å². The average molecular weight is 321 g/mol. The first-order valence-electron chi connectivity index (χ1n) is 6.25. The van der Waals surface area contributed by atoms with Crippen LogP contribution in [0.25, 0.3) is 0 Å². The molecule has 0 aliphatic heterocycles. The molecule has 110 valence electrons. The minimum atomic E-state index is -4.04. The lowest BCUT2D eigenvalue weighted by Crippen LogP contribution is -2.16. The first kappa shape index (κ1) is 15.3. The minimum absolute atomic E-state index is 0.148. The molecule has 0 aromatic heterocycles. The zero-order valence-electron chi connectivity index (χ0n) is 10.9. The number of hydrogen-bond acceptors (Lipinski definition) is 4. The van der Waals surface area contributed by atoms with Gasteiger partial charge in [-0.1, -0.05) is 0 Å². The van der Waals surface area contributed by atoms with Crippen molar-refractivity contribution in [3.05, 3.63) is 29.1 Å². The van der Waals surface area contributed by atoms with Gasteiger partial charge in [-0.05, 0) is 50.3 Å². The van der Waals surface area contributed by atoms with E-state index in [0.29, 0.717) is 0 Å². The van der Waals surface area contributed by atoms with Gasteiger partial charge in [-0.3, -0.25) is 0 Å². The maximum absolute atomic E-state index is 13.8. The number of rotatable bonds is 3. The zero-order valence-corrected chi connectivity index (χ0v) is 12.4. The van der Waals surface area contributed by atoms with Crippen molar-refractivity contribution in [2.75, 3.05) is 0 Å². The summed E-state index contributed by atoms with van der Waals surface area (Å²) >= 11 is 0. The first-order valence-corrected chi connectivity index (χ1v) is 8.56. The quantitative estimate of drug-likeness (QED) is 0.634. The molecule has 20 heavy (non-hydrogen) atoms. The molecule has 1 aromatic carbocycles. The third-order valence-electron chi connectivity index (χ3n) is 3.32. The van der Waals surface area contributed by atoms with Crippen LogP contribution in [0, 0.1) is 12.7 Å². The standard InChI is InChI=1S/C13H14ClFO4S/c1-8-6-11(15)10(7-12(8)20(14,17)18)13(16)19-9-4-2-3-5-9/h6-7,9H,2-5H2,1H3. The van der Waals surface area contributed by atoms with Crippen LogP contribution in [-0.2, 0) is 13.8 Å². The summed E-state index contributed by atoms with van der Waals surface area (Å²) in [6.07, 6.45) is 3.21. The molecule has 0 atom stereocenters. The highest BCUT2D eigenvalue weighted by molar-refractivity contribution is 8.13. The van der Waals surface area contributed by atoms with Gasteiger partial charge in [0.25, 0.3) is 9.05 Å². The molecule has 1 aliphatic rings. The Hall–Kier alpha value is -1.14. The second-order valence-electron chi connectivity index (χ2n) is 4.85. The molecule has 2 rings (SSSR count). The number of carbonyl (C=O) groups is 1. The first-order chi connectivity index (χ1) is 9.29. The van der Waals surface area contributed by atoms with Crippen molar-refractivity contribution in [2.45, 2.75) is 43.6 Å². The Balaban J connectivity index is 2.33. The summed E-state index contributed by atoms with van der Waals surface area (Å²) < 4.78 is 41.7. The van der Waals surface area contributed by atoms with Crippen LogP contribution in [0.3, 0.4) is 0 Å². The van der Waals surface area contributed by atoms with E-state index in [1.165, 1.54) is 6.92 Å². The third kappa shape index (κ3) is 3.30. The Morgan fingerprint density at radius 2 is 1.95 bits per heavy atom. The van der Waals surface area contributed by atoms with Crippen molar-refractivity contribution >= 4 is 25.7 Å². The molecule has 0 amide bonds. The second kappa shape index (κ2) is 5.69. The van der Waals surface area contributed by atoms with Gasteiger partial charge in [0.05, 0.1) is 10.5 Å². The van der Waals surface area contributed by atoms with Gasteiger partial charge in [0.2, 0.25) is 0 Å². The smallest absolute Gasteiger partial charge is 0.341 e. The number of ether oxygens (including phenoxy) is 1. The molecular formula is C13H14ClFO4S. The maximum Gasteiger partial charge on any atom is 0.341 e. The van der Waals surface area contributed by atoms with Crippen LogP contribution in [0.4, 0.5) is 4.39 Å². The lowest BCUT2D eigenvalue weighted by molar-refractivity contribution is 0.0312. The molecule has 0 unspecified atom stereocenters. The van der Waals surface area contributed by atoms with Gasteiger partial charge < -0.3 is 4.74 Å². The molecule has 0 spiro atoms. The number of hydrogen-bond donors (Lipinski definition) is 0. The summed E-state index contributed by atoms with van der Waals surface area (Å²) in [4.78, 5) is 11.6. The Labute approximate surface area is 121 Å². The van der Waals surface area contributed by atoms with E-state index in [1.807, 2.05) is 0 Å². The Morgan fingerprint density at radius 3 is 2.50 bits per heavy atom. The van der Waals surface area contributed by atoms with E-state index in [0.717, 1.165) is 37.8 Å². The summed E-state index contributed by atoms with van der Waals surface area (Å²) in [6.45, 7) is 1.41. The SMILES string of the molecule is Cc1cc(F)c(C(=O)OC2CCCC2)cc1S(=O)(=O)Cl. The van der Waals surface area contributed by atoms with Gasteiger partial charge >= 0.3 is 5.97 Å². The molecule has 0 heterocycles. The Kier molecular flexibility index (Phi) is 4.34. The van der Waals surface area contributed by atoms with Crippen LogP contribution in [-0.4, -0.2) is 20.5 Å². The van der Waals surface area contributed by atoms with Crippen molar-refractivity contribution in [2.24, 2.45) is 0 Å². The monoisotopic (exact) mass is 320 g/mol. The molecule has 0 saturated heterocycles. The fourth-order valence-corrected chi connectivity index (χ4v) is 3.49. The van der Waals surface area contributed by atoms with E-state index in [2.05, 4.69) is 0 Å². The van der Waals surface area contributed by atoms with E-state index in [4.69, 9.17) is 15.4 Å². The van der Waals surface area contributed by atoms with Crippen LogP contribution in [0.5, 0.6) is 0 Å². The molecule has 1 aromatic rings. The lowest BCUT2D eigenvalue weighted by Gasteiger charge is -2.13. The van der Waals surface area contributed by atoms with E-state index >= 15 is 0 Å². The predicted octanol–water partition coefficient (Wildman–Crippen LogP) is 3.16. The number of benzene rings is 1.